The predicted octanol–water partition coefficient (Wildman–Crippen LogP) is 1.83. The fourth-order valence-corrected chi connectivity index (χ4v) is 4.95. The van der Waals surface area contributed by atoms with Crippen LogP contribution in [0.5, 0.6) is 0 Å². The number of piperidine rings is 1. The maximum absolute atomic E-state index is 13.8. The van der Waals surface area contributed by atoms with Crippen LogP contribution in [0.25, 0.3) is 0 Å². The van der Waals surface area contributed by atoms with Crippen LogP contribution < -0.4 is 10.2 Å². The summed E-state index contributed by atoms with van der Waals surface area (Å²) in [6.45, 7) is 1.78. The molecule has 2 amide bonds. The van der Waals surface area contributed by atoms with Crippen molar-refractivity contribution in [2.45, 2.75) is 57.1 Å². The molecule has 0 bridgehead atoms. The molecule has 9 nitrogen and oxygen atoms in total. The highest BCUT2D eigenvalue weighted by Crippen LogP contribution is 2.43. The summed E-state index contributed by atoms with van der Waals surface area (Å²) in [6.07, 6.45) is 4.74. The fraction of sp³-hybridized carbons (Fsp3) is 0.684. The Morgan fingerprint density at radius 1 is 1.24 bits per heavy atom. The molecule has 1 spiro atoms. The zero-order valence-corrected chi connectivity index (χ0v) is 16.2. The molecular weight excluding hydrogens is 381 g/mol. The first kappa shape index (κ1) is 19.8. The van der Waals surface area contributed by atoms with Gasteiger partial charge in [0.25, 0.3) is 0 Å². The van der Waals surface area contributed by atoms with Crippen molar-refractivity contribution < 1.29 is 24.2 Å². The van der Waals surface area contributed by atoms with Crippen molar-refractivity contribution in [2.75, 3.05) is 29.9 Å². The Morgan fingerprint density at radius 2 is 2.00 bits per heavy atom. The van der Waals surface area contributed by atoms with E-state index in [0.717, 1.165) is 51.1 Å². The second kappa shape index (κ2) is 7.74. The Hall–Kier alpha value is -2.49. The van der Waals surface area contributed by atoms with Gasteiger partial charge in [0.2, 0.25) is 11.9 Å². The van der Waals surface area contributed by atoms with Crippen LogP contribution in [0.15, 0.2) is 6.20 Å². The third-order valence-electron chi connectivity index (χ3n) is 6.47. The molecule has 1 atom stereocenters. The summed E-state index contributed by atoms with van der Waals surface area (Å²) in [5.41, 5.74) is -0.507. The number of carbonyl (C=O) groups is 2. The normalized spacial score (nSPS) is 30.1. The lowest BCUT2D eigenvalue weighted by molar-refractivity contribution is -0.139. The number of anilines is 2. The molecule has 158 valence electrons. The van der Waals surface area contributed by atoms with Crippen LogP contribution >= 0.6 is 0 Å². The fourth-order valence-electron chi connectivity index (χ4n) is 4.95. The van der Waals surface area contributed by atoms with Crippen LogP contribution in [-0.2, 0) is 4.79 Å². The monoisotopic (exact) mass is 407 g/mol. The first-order chi connectivity index (χ1) is 13.9. The van der Waals surface area contributed by atoms with E-state index in [9.17, 15) is 19.1 Å². The molecule has 1 aromatic heterocycles. The molecule has 29 heavy (non-hydrogen) atoms. The summed E-state index contributed by atoms with van der Waals surface area (Å²) in [7, 11) is 0. The second-order valence-electron chi connectivity index (χ2n) is 8.31. The number of halogens is 1. The van der Waals surface area contributed by atoms with Crippen LogP contribution in [0, 0.1) is 11.2 Å². The second-order valence-corrected chi connectivity index (χ2v) is 8.31. The van der Waals surface area contributed by atoms with Gasteiger partial charge < -0.3 is 20.0 Å². The minimum absolute atomic E-state index is 0.148. The number of hydrogen-bond acceptors (Lipinski definition) is 6. The molecule has 3 fully saturated rings. The average molecular weight is 407 g/mol. The Labute approximate surface area is 167 Å². The quantitative estimate of drug-likeness (QED) is 0.699. The molecule has 3 aliphatic rings. The molecule has 10 heteroatoms. The van der Waals surface area contributed by atoms with E-state index in [1.54, 1.807) is 0 Å². The molecule has 4 rings (SSSR count). The van der Waals surface area contributed by atoms with Crippen LogP contribution in [0.2, 0.25) is 0 Å². The standard InChI is InChI=1S/C19H26FN5O4/c20-14-10-21-17(22-15(14)23-18(28)29)24-8-1-6-19(11-24)7-9-25(16(19)27)12-2-4-13(26)5-3-12/h10,12-13,26H,1-9,11H2,(H,28,29)(H,21,22,23)/t12?,13?,19-/m0/s1. The van der Waals surface area contributed by atoms with E-state index < -0.39 is 17.3 Å². The molecule has 0 radical (unpaired) electrons. The van der Waals surface area contributed by atoms with Gasteiger partial charge in [-0.25, -0.2) is 14.2 Å². The number of likely N-dealkylation sites (tertiary alicyclic amines) is 1. The van der Waals surface area contributed by atoms with Gasteiger partial charge in [-0.15, -0.1) is 0 Å². The number of aliphatic hydroxyl groups excluding tert-OH is 1. The van der Waals surface area contributed by atoms with Gasteiger partial charge in [0.15, 0.2) is 11.6 Å². The Morgan fingerprint density at radius 3 is 2.72 bits per heavy atom. The van der Waals surface area contributed by atoms with Gasteiger partial charge in [0, 0.05) is 25.7 Å². The smallest absolute Gasteiger partial charge is 0.410 e. The van der Waals surface area contributed by atoms with Gasteiger partial charge in [-0.2, -0.15) is 4.98 Å². The van der Waals surface area contributed by atoms with E-state index >= 15 is 0 Å². The van der Waals surface area contributed by atoms with E-state index in [0.29, 0.717) is 19.6 Å². The lowest BCUT2D eigenvalue weighted by Gasteiger charge is -2.40. The van der Waals surface area contributed by atoms with Crippen molar-refractivity contribution in [1.29, 1.82) is 0 Å². The van der Waals surface area contributed by atoms with Gasteiger partial charge in [0.05, 0.1) is 17.7 Å². The van der Waals surface area contributed by atoms with E-state index in [-0.39, 0.29) is 29.8 Å². The number of amides is 2. The third kappa shape index (κ3) is 3.85. The SMILES string of the molecule is O=C(O)Nc1nc(N2CCC[C@]3(CCN(C4CCC(O)CC4)C3=O)C2)ncc1F. The highest BCUT2D eigenvalue weighted by Gasteiger charge is 2.51. The van der Waals surface area contributed by atoms with Crippen LogP contribution in [-0.4, -0.2) is 68.9 Å². The molecule has 1 saturated carbocycles. The predicted molar refractivity (Wildman–Crippen MR) is 102 cm³/mol. The summed E-state index contributed by atoms with van der Waals surface area (Å²) in [5, 5.41) is 20.5. The number of carboxylic acid groups (broad SMARTS) is 1. The maximum atomic E-state index is 13.8. The van der Waals surface area contributed by atoms with Gasteiger partial charge >= 0.3 is 6.09 Å². The summed E-state index contributed by atoms with van der Waals surface area (Å²) in [6, 6.07) is 0.189. The van der Waals surface area contributed by atoms with Crippen molar-refractivity contribution in [1.82, 2.24) is 14.9 Å². The summed E-state index contributed by atoms with van der Waals surface area (Å²) in [5.74, 6) is -0.858. The number of hydrogen-bond donors (Lipinski definition) is 3. The number of carbonyl (C=O) groups excluding carboxylic acids is 1. The first-order valence-corrected chi connectivity index (χ1v) is 10.1. The van der Waals surface area contributed by atoms with Gasteiger partial charge in [-0.3, -0.25) is 10.1 Å². The van der Waals surface area contributed by atoms with Crippen molar-refractivity contribution in [3.63, 3.8) is 0 Å². The van der Waals surface area contributed by atoms with Gasteiger partial charge in [-0.1, -0.05) is 0 Å². The zero-order valence-electron chi connectivity index (χ0n) is 16.2. The maximum Gasteiger partial charge on any atom is 0.410 e. The topological polar surface area (TPSA) is 119 Å². The van der Waals surface area contributed by atoms with Crippen molar-refractivity contribution in [3.05, 3.63) is 12.0 Å². The number of aliphatic hydroxyl groups is 1. The number of aromatic nitrogens is 2. The summed E-state index contributed by atoms with van der Waals surface area (Å²) in [4.78, 5) is 36.1. The van der Waals surface area contributed by atoms with Crippen LogP contribution in [0.4, 0.5) is 21.0 Å². The largest absolute Gasteiger partial charge is 0.465 e. The first-order valence-electron chi connectivity index (χ1n) is 10.1. The molecule has 0 unspecified atom stereocenters. The highest BCUT2D eigenvalue weighted by molar-refractivity contribution is 5.86. The minimum atomic E-state index is -1.40. The highest BCUT2D eigenvalue weighted by atomic mass is 19.1. The van der Waals surface area contributed by atoms with E-state index in [1.807, 2.05) is 15.1 Å². The summed E-state index contributed by atoms with van der Waals surface area (Å²) >= 11 is 0. The molecule has 0 aromatic carbocycles. The Kier molecular flexibility index (Phi) is 5.28. The summed E-state index contributed by atoms with van der Waals surface area (Å²) < 4.78 is 13.8. The average Bonchev–Trinajstić information content (AvgIpc) is 3.00. The van der Waals surface area contributed by atoms with Crippen molar-refractivity contribution >= 4 is 23.8 Å². The van der Waals surface area contributed by atoms with Crippen molar-refractivity contribution in [3.8, 4) is 0 Å². The minimum Gasteiger partial charge on any atom is -0.465 e. The molecule has 2 aliphatic heterocycles. The van der Waals surface area contributed by atoms with Gasteiger partial charge in [0.1, 0.15) is 0 Å². The Balaban J connectivity index is 1.50. The van der Waals surface area contributed by atoms with Crippen LogP contribution in [0.3, 0.4) is 0 Å². The van der Waals surface area contributed by atoms with E-state index in [4.69, 9.17) is 5.11 Å². The Bertz CT molecular complexity index is 801. The molecule has 3 N–H and O–H groups in total. The lowest BCUT2D eigenvalue weighted by Crippen LogP contribution is -2.50. The molecule has 2 saturated heterocycles. The van der Waals surface area contributed by atoms with E-state index in [1.165, 1.54) is 0 Å². The third-order valence-corrected chi connectivity index (χ3v) is 6.47. The molecule has 1 aliphatic carbocycles. The van der Waals surface area contributed by atoms with Crippen LogP contribution in [0.1, 0.15) is 44.9 Å². The van der Waals surface area contributed by atoms with Crippen molar-refractivity contribution in [2.24, 2.45) is 5.41 Å². The lowest BCUT2D eigenvalue weighted by atomic mass is 9.78. The zero-order chi connectivity index (χ0) is 20.6. The number of nitrogens with one attached hydrogen (secondary N) is 1. The van der Waals surface area contributed by atoms with E-state index in [2.05, 4.69) is 9.97 Å². The molecule has 1 aromatic rings. The number of rotatable bonds is 3. The number of nitrogens with zero attached hydrogens (tertiary/aromatic N) is 4. The molecular formula is C19H26FN5O4. The molecule has 3 heterocycles. The van der Waals surface area contributed by atoms with Gasteiger partial charge in [-0.05, 0) is 44.9 Å².